The molecule has 0 atom stereocenters. The van der Waals surface area contributed by atoms with Crippen molar-refractivity contribution >= 4 is 63.1 Å². The first-order chi connectivity index (χ1) is 8.08. The Hall–Kier alpha value is -0.790. The summed E-state index contributed by atoms with van der Waals surface area (Å²) in [6.45, 7) is 0. The van der Waals surface area contributed by atoms with Crippen LogP contribution in [0.1, 0.15) is 0 Å². The maximum Gasteiger partial charge on any atom is 0.154 e. The summed E-state index contributed by atoms with van der Waals surface area (Å²) in [6.07, 6.45) is 1.35. The van der Waals surface area contributed by atoms with Gasteiger partial charge in [0, 0.05) is 8.59 Å². The highest BCUT2D eigenvalue weighted by Gasteiger charge is 2.08. The molecule has 1 aromatic carbocycles. The zero-order valence-corrected chi connectivity index (χ0v) is 12.1. The number of nitrogens with two attached hydrogens (primary N) is 1. The lowest BCUT2D eigenvalue weighted by atomic mass is 10.3. The van der Waals surface area contributed by atoms with Gasteiger partial charge in [0.1, 0.15) is 17.2 Å². The lowest BCUT2D eigenvalue weighted by Gasteiger charge is -2.09. The van der Waals surface area contributed by atoms with E-state index in [9.17, 15) is 0 Å². The molecule has 0 unspecified atom stereocenters. The van der Waals surface area contributed by atoms with Crippen molar-refractivity contribution in [2.24, 2.45) is 0 Å². The summed E-state index contributed by atoms with van der Waals surface area (Å²) >= 11 is 14.0. The number of nitrogen functional groups attached to an aromatic ring is 1. The Kier molecular flexibility index (Phi) is 3.90. The van der Waals surface area contributed by atoms with Crippen LogP contribution in [0.4, 0.5) is 17.3 Å². The highest BCUT2D eigenvalue weighted by molar-refractivity contribution is 14.1. The number of benzene rings is 1. The van der Waals surface area contributed by atoms with Gasteiger partial charge in [0.15, 0.2) is 5.82 Å². The average molecular weight is 381 g/mol. The summed E-state index contributed by atoms with van der Waals surface area (Å²) in [6, 6.07) is 5.46. The van der Waals surface area contributed by atoms with E-state index >= 15 is 0 Å². The summed E-state index contributed by atoms with van der Waals surface area (Å²) in [7, 11) is 0. The predicted molar refractivity (Wildman–Crippen MR) is 78.9 cm³/mol. The summed E-state index contributed by atoms with van der Waals surface area (Å²) in [4.78, 5) is 7.82. The Labute approximate surface area is 122 Å². The number of aromatic nitrogens is 2. The van der Waals surface area contributed by atoms with Crippen LogP contribution < -0.4 is 11.1 Å². The molecule has 0 saturated heterocycles. The minimum Gasteiger partial charge on any atom is -0.382 e. The molecule has 0 bridgehead atoms. The van der Waals surface area contributed by atoms with Crippen LogP contribution in [0.2, 0.25) is 10.0 Å². The third-order valence-electron chi connectivity index (χ3n) is 2.00. The number of anilines is 3. The van der Waals surface area contributed by atoms with Crippen LogP contribution in [0.15, 0.2) is 24.5 Å². The van der Waals surface area contributed by atoms with Gasteiger partial charge >= 0.3 is 0 Å². The van der Waals surface area contributed by atoms with E-state index in [1.807, 2.05) is 12.1 Å². The topological polar surface area (TPSA) is 63.8 Å². The first kappa shape index (κ1) is 12.7. The van der Waals surface area contributed by atoms with Crippen LogP contribution in [0.5, 0.6) is 0 Å². The van der Waals surface area contributed by atoms with Crippen molar-refractivity contribution in [3.63, 3.8) is 0 Å². The molecule has 0 aliphatic carbocycles. The molecule has 0 radical (unpaired) electrons. The van der Waals surface area contributed by atoms with Crippen molar-refractivity contribution in [1.82, 2.24) is 9.97 Å². The normalized spacial score (nSPS) is 10.3. The Morgan fingerprint density at radius 1 is 1.24 bits per heavy atom. The summed E-state index contributed by atoms with van der Waals surface area (Å²) in [5.74, 6) is 0.715. The molecule has 17 heavy (non-hydrogen) atoms. The Morgan fingerprint density at radius 2 is 2.00 bits per heavy atom. The average Bonchev–Trinajstić information content (AvgIpc) is 2.28. The largest absolute Gasteiger partial charge is 0.382 e. The van der Waals surface area contributed by atoms with Gasteiger partial charge in [0.25, 0.3) is 0 Å². The molecule has 2 aromatic rings. The number of nitrogens with one attached hydrogen (secondary N) is 1. The molecule has 2 rings (SSSR count). The van der Waals surface area contributed by atoms with E-state index in [4.69, 9.17) is 28.9 Å². The molecule has 0 aliphatic heterocycles. The quantitative estimate of drug-likeness (QED) is 0.779. The van der Waals surface area contributed by atoms with Crippen molar-refractivity contribution in [2.45, 2.75) is 0 Å². The second kappa shape index (κ2) is 5.24. The molecule has 88 valence electrons. The maximum atomic E-state index is 5.99. The number of rotatable bonds is 2. The summed E-state index contributed by atoms with van der Waals surface area (Å²) in [5, 5.41) is 4.06. The Bertz CT molecular complexity index is 562. The van der Waals surface area contributed by atoms with Crippen molar-refractivity contribution in [3.05, 3.63) is 38.1 Å². The minimum atomic E-state index is 0.244. The monoisotopic (exact) mass is 380 g/mol. The highest BCUT2D eigenvalue weighted by Crippen LogP contribution is 2.29. The lowest BCUT2D eigenvalue weighted by molar-refractivity contribution is 1.17. The molecule has 0 fully saturated rings. The molecule has 4 nitrogen and oxygen atoms in total. The SMILES string of the molecule is Nc1ncnc(Nc2ccc(Cl)cc2I)c1Cl. The fourth-order valence-corrected chi connectivity index (χ4v) is 2.34. The second-order valence-corrected chi connectivity index (χ2v) is 5.15. The molecule has 0 spiro atoms. The van der Waals surface area contributed by atoms with Gasteiger partial charge in [-0.1, -0.05) is 23.2 Å². The molecule has 0 amide bonds. The van der Waals surface area contributed by atoms with Gasteiger partial charge in [-0.2, -0.15) is 0 Å². The number of nitrogens with zero attached hydrogens (tertiary/aromatic N) is 2. The van der Waals surface area contributed by atoms with Crippen LogP contribution in [0.3, 0.4) is 0 Å². The standard InChI is InChI=1S/C10H7Cl2IN4/c11-5-1-2-7(6(13)3-5)17-10-8(12)9(14)15-4-16-10/h1-4H,(H3,14,15,16,17). The second-order valence-electron chi connectivity index (χ2n) is 3.17. The first-order valence-electron chi connectivity index (χ1n) is 4.56. The van der Waals surface area contributed by atoms with Crippen LogP contribution in [-0.4, -0.2) is 9.97 Å². The van der Waals surface area contributed by atoms with E-state index in [0.717, 1.165) is 9.26 Å². The summed E-state index contributed by atoms with van der Waals surface area (Å²) < 4.78 is 0.961. The smallest absolute Gasteiger partial charge is 0.154 e. The van der Waals surface area contributed by atoms with E-state index in [1.165, 1.54) is 6.33 Å². The van der Waals surface area contributed by atoms with Crippen LogP contribution in [0, 0.1) is 3.57 Å². The van der Waals surface area contributed by atoms with Crippen LogP contribution in [-0.2, 0) is 0 Å². The molecule has 0 saturated carbocycles. The molecular formula is C10H7Cl2IN4. The Balaban J connectivity index is 2.35. The molecule has 3 N–H and O–H groups in total. The fraction of sp³-hybridized carbons (Fsp3) is 0. The van der Waals surface area contributed by atoms with E-state index in [-0.39, 0.29) is 5.82 Å². The van der Waals surface area contributed by atoms with Crippen molar-refractivity contribution < 1.29 is 0 Å². The van der Waals surface area contributed by atoms with E-state index in [1.54, 1.807) is 6.07 Å². The first-order valence-corrected chi connectivity index (χ1v) is 6.39. The van der Waals surface area contributed by atoms with Crippen molar-refractivity contribution in [3.8, 4) is 0 Å². The highest BCUT2D eigenvalue weighted by atomic mass is 127. The summed E-state index contributed by atoms with van der Waals surface area (Å²) in [5.41, 5.74) is 6.45. The van der Waals surface area contributed by atoms with Gasteiger partial charge in [-0.15, -0.1) is 0 Å². The van der Waals surface area contributed by atoms with Gasteiger partial charge in [-0.25, -0.2) is 9.97 Å². The van der Waals surface area contributed by atoms with E-state index in [0.29, 0.717) is 15.9 Å². The van der Waals surface area contributed by atoms with Crippen molar-refractivity contribution in [1.29, 1.82) is 0 Å². The molecule has 0 aliphatic rings. The van der Waals surface area contributed by atoms with Crippen molar-refractivity contribution in [2.75, 3.05) is 11.1 Å². The van der Waals surface area contributed by atoms with Crippen LogP contribution >= 0.6 is 45.8 Å². The van der Waals surface area contributed by atoms with Gasteiger partial charge in [-0.05, 0) is 40.8 Å². The van der Waals surface area contributed by atoms with E-state index < -0.39 is 0 Å². The number of halogens is 3. The zero-order valence-electron chi connectivity index (χ0n) is 8.42. The van der Waals surface area contributed by atoms with Gasteiger partial charge in [0.05, 0.1) is 5.69 Å². The maximum absolute atomic E-state index is 5.99. The van der Waals surface area contributed by atoms with Gasteiger partial charge in [0.2, 0.25) is 0 Å². The zero-order chi connectivity index (χ0) is 12.4. The number of hydrogen-bond donors (Lipinski definition) is 2. The van der Waals surface area contributed by atoms with Gasteiger partial charge in [-0.3, -0.25) is 0 Å². The Morgan fingerprint density at radius 3 is 2.71 bits per heavy atom. The third kappa shape index (κ3) is 2.91. The number of hydrogen-bond acceptors (Lipinski definition) is 4. The lowest BCUT2D eigenvalue weighted by Crippen LogP contribution is -2.00. The minimum absolute atomic E-state index is 0.244. The van der Waals surface area contributed by atoms with Gasteiger partial charge < -0.3 is 11.1 Å². The fourth-order valence-electron chi connectivity index (χ4n) is 1.19. The molecule has 1 aromatic heterocycles. The molecular weight excluding hydrogens is 374 g/mol. The van der Waals surface area contributed by atoms with E-state index in [2.05, 4.69) is 37.9 Å². The van der Waals surface area contributed by atoms with Crippen LogP contribution in [0.25, 0.3) is 0 Å². The molecule has 1 heterocycles. The third-order valence-corrected chi connectivity index (χ3v) is 3.50. The molecule has 7 heteroatoms. The predicted octanol–water partition coefficient (Wildman–Crippen LogP) is 3.71.